The molecule has 3 rings (SSSR count). The molecule has 0 spiro atoms. The number of phenols is 1. The van der Waals surface area contributed by atoms with Crippen LogP contribution in [0.15, 0.2) is 24.3 Å². The Kier molecular flexibility index (Phi) is 31.4. The summed E-state index contributed by atoms with van der Waals surface area (Å²) in [4.78, 5) is 135. The van der Waals surface area contributed by atoms with Crippen LogP contribution < -0.4 is 59.7 Å². The first-order chi connectivity index (χ1) is 39.8. The third kappa shape index (κ3) is 24.1. The van der Waals surface area contributed by atoms with Crippen molar-refractivity contribution < 1.29 is 103 Å². The number of ether oxygens (including phenoxy) is 2. The number of carbonyl (C=O) groups excluding carboxylic acids is 10. The summed E-state index contributed by atoms with van der Waals surface area (Å²) in [5.41, 5.74) is 16.4. The third-order valence-corrected chi connectivity index (χ3v) is 13.8. The summed E-state index contributed by atoms with van der Waals surface area (Å²) in [7, 11) is 0. The van der Waals surface area contributed by atoms with Gasteiger partial charge >= 0.3 is 0 Å². The van der Waals surface area contributed by atoms with Gasteiger partial charge in [0.25, 0.3) is 0 Å². The second-order valence-electron chi connectivity index (χ2n) is 20.7. The number of aliphatic hydroxyl groups is 8. The lowest BCUT2D eigenvalue weighted by atomic mass is 9.94. The molecular weight excluding hydrogens is 1110 g/mol. The molecule has 2 aliphatic heterocycles. The van der Waals surface area contributed by atoms with Gasteiger partial charge < -0.3 is 115 Å². The van der Waals surface area contributed by atoms with E-state index in [0.717, 1.165) is 57.1 Å². The van der Waals surface area contributed by atoms with Crippen LogP contribution >= 0.6 is 0 Å². The zero-order valence-electron chi connectivity index (χ0n) is 46.8. The summed E-state index contributed by atoms with van der Waals surface area (Å²) < 4.78 is 11.4. The number of primary amides is 2. The number of hydrogen-bond donors (Lipinski definition) is 20. The van der Waals surface area contributed by atoms with Gasteiger partial charge in [-0.1, -0.05) is 76.8 Å². The maximum atomic E-state index is 14.2. The predicted octanol–water partition coefficient (Wildman–Crippen LogP) is -7.72. The van der Waals surface area contributed by atoms with E-state index >= 15 is 0 Å². The predicted molar refractivity (Wildman–Crippen MR) is 291 cm³/mol. The molecular formula is C52H85N11O21. The molecule has 32 heteroatoms. The van der Waals surface area contributed by atoms with E-state index in [1.165, 1.54) is 12.1 Å². The van der Waals surface area contributed by atoms with Crippen molar-refractivity contribution in [1.29, 1.82) is 0 Å². The molecule has 474 valence electrons. The molecule has 0 aliphatic carbocycles. The number of nitrogens with two attached hydrogens (primary N) is 3. The third-order valence-electron chi connectivity index (χ3n) is 13.8. The minimum absolute atomic E-state index is 0.00362. The Labute approximate surface area is 484 Å². The number of unbranched alkanes of at least 4 members (excludes halogenated alkanes) is 8. The van der Waals surface area contributed by atoms with Crippen molar-refractivity contribution in [3.8, 4) is 5.75 Å². The van der Waals surface area contributed by atoms with Gasteiger partial charge in [-0.05, 0) is 43.5 Å². The number of phenolic OH excluding ortho intramolecular Hbond substituents is 1. The fourth-order valence-electron chi connectivity index (χ4n) is 9.09. The summed E-state index contributed by atoms with van der Waals surface area (Å²) in [5.74, 6) is -12.8. The highest BCUT2D eigenvalue weighted by molar-refractivity contribution is 5.99. The molecule has 0 radical (unpaired) electrons. The molecule has 2 heterocycles. The van der Waals surface area contributed by atoms with Gasteiger partial charge in [0.05, 0.1) is 51.4 Å². The van der Waals surface area contributed by atoms with Crippen LogP contribution in [-0.4, -0.2) is 223 Å². The maximum absolute atomic E-state index is 14.2. The second kappa shape index (κ2) is 36.9. The van der Waals surface area contributed by atoms with Crippen LogP contribution in [-0.2, 0) is 57.4 Å². The van der Waals surface area contributed by atoms with Gasteiger partial charge in [0.15, 0.2) is 6.29 Å². The number of carbonyl (C=O) groups is 10. The standard InChI is InChI=1S/C52H85N11O21/c1-2-3-4-5-6-7-8-9-10-11-36(84-52-45(76)44(75)35(68)25-83-52)43(74)34(67)18-27-19-39(71)59-32(23-64)50(81)63-41(42(73)26-12-14-28(66)15-13-26)51(82)60-29(16-17-53)46(77)56-22-40(72)58-30(20-37(54)69)48(79)62-33(24-65)49(80)61-31(21-38(55)70)47(78)57-27/h12-15,27,29-36,41-45,52,64-68,73-76H,2-11,16-25,53H2,1H3,(H2,54,69)(H2,55,70)(H,56,77)(H,57,78)(H,58,72)(H,59,71)(H,60,82)(H,61,80)(H,62,79)(H,63,81)/t27?,29-,30?,31?,32-,33+,34-,35-,36+,41?,42-,43-,44+,45-,52-/m1/s1. The molecule has 32 nitrogen and oxygen atoms in total. The van der Waals surface area contributed by atoms with E-state index in [1.54, 1.807) is 0 Å². The molecule has 23 N–H and O–H groups in total. The van der Waals surface area contributed by atoms with E-state index in [9.17, 15) is 93.9 Å². The summed E-state index contributed by atoms with van der Waals surface area (Å²) in [5, 5.41) is 115. The van der Waals surface area contributed by atoms with Crippen molar-refractivity contribution in [2.75, 3.05) is 32.9 Å². The average Bonchev–Trinajstić information content (AvgIpc) is 3.43. The molecule has 10 amide bonds. The van der Waals surface area contributed by atoms with Crippen molar-refractivity contribution >= 4 is 59.1 Å². The number of aliphatic hydroxyl groups excluding tert-OH is 8. The van der Waals surface area contributed by atoms with Crippen molar-refractivity contribution in [3.05, 3.63) is 29.8 Å². The fourth-order valence-corrected chi connectivity index (χ4v) is 9.09. The Morgan fingerprint density at radius 3 is 1.74 bits per heavy atom. The highest BCUT2D eigenvalue weighted by Gasteiger charge is 2.42. The van der Waals surface area contributed by atoms with Gasteiger partial charge in [-0.15, -0.1) is 0 Å². The molecule has 2 saturated heterocycles. The highest BCUT2D eigenvalue weighted by atomic mass is 16.7. The van der Waals surface area contributed by atoms with E-state index in [2.05, 4.69) is 49.5 Å². The van der Waals surface area contributed by atoms with Crippen LogP contribution in [0.3, 0.4) is 0 Å². The maximum Gasteiger partial charge on any atom is 0.246 e. The van der Waals surface area contributed by atoms with Crippen molar-refractivity contribution in [1.82, 2.24) is 42.5 Å². The number of aromatic hydroxyl groups is 1. The summed E-state index contributed by atoms with van der Waals surface area (Å²) in [6, 6.07) is -8.76. The Bertz CT molecular complexity index is 2320. The zero-order valence-corrected chi connectivity index (χ0v) is 46.8. The summed E-state index contributed by atoms with van der Waals surface area (Å²) >= 11 is 0. The van der Waals surface area contributed by atoms with Gasteiger partial charge in [0, 0.05) is 12.5 Å². The first-order valence-electron chi connectivity index (χ1n) is 27.8. The molecule has 0 aromatic heterocycles. The van der Waals surface area contributed by atoms with Crippen LogP contribution in [0.2, 0.25) is 0 Å². The Balaban J connectivity index is 2.12. The van der Waals surface area contributed by atoms with Gasteiger partial charge in [0.1, 0.15) is 72.5 Å². The first-order valence-corrected chi connectivity index (χ1v) is 27.8. The molecule has 4 unspecified atom stereocenters. The lowest BCUT2D eigenvalue weighted by molar-refractivity contribution is -0.293. The molecule has 15 atom stereocenters. The van der Waals surface area contributed by atoms with Crippen LogP contribution in [0.1, 0.15) is 115 Å². The minimum atomic E-state index is -2.09. The Morgan fingerprint density at radius 1 is 0.643 bits per heavy atom. The largest absolute Gasteiger partial charge is 0.508 e. The van der Waals surface area contributed by atoms with Gasteiger partial charge in [-0.25, -0.2) is 0 Å². The van der Waals surface area contributed by atoms with E-state index in [1.807, 2.05) is 0 Å². The average molecular weight is 1200 g/mol. The van der Waals surface area contributed by atoms with Crippen LogP contribution in [0.25, 0.3) is 0 Å². The topological polar surface area (TPSA) is 546 Å². The van der Waals surface area contributed by atoms with E-state index < -0.39 is 202 Å². The van der Waals surface area contributed by atoms with Crippen molar-refractivity contribution in [2.24, 2.45) is 17.2 Å². The molecule has 1 aromatic carbocycles. The number of hydrogen-bond acceptors (Lipinski definition) is 22. The van der Waals surface area contributed by atoms with E-state index in [-0.39, 0.29) is 30.7 Å². The monoisotopic (exact) mass is 1200 g/mol. The number of benzene rings is 1. The first kappa shape index (κ1) is 71.5. The molecule has 1 aromatic rings. The quantitative estimate of drug-likeness (QED) is 0.0383. The van der Waals surface area contributed by atoms with Gasteiger partial charge in [-0.2, -0.15) is 0 Å². The van der Waals surface area contributed by atoms with E-state index in [4.69, 9.17) is 26.7 Å². The number of rotatable bonds is 26. The van der Waals surface area contributed by atoms with Crippen LogP contribution in [0.4, 0.5) is 0 Å². The Morgan fingerprint density at radius 2 is 1.15 bits per heavy atom. The summed E-state index contributed by atoms with van der Waals surface area (Å²) in [6.45, 7) is -2.08. The lowest BCUT2D eigenvalue weighted by Gasteiger charge is -2.38. The lowest BCUT2D eigenvalue weighted by Crippen LogP contribution is -2.60. The van der Waals surface area contributed by atoms with Gasteiger partial charge in [0.2, 0.25) is 59.1 Å². The van der Waals surface area contributed by atoms with Gasteiger partial charge in [-0.3, -0.25) is 47.9 Å². The fraction of sp³-hybridized carbons (Fsp3) is 0.692. The zero-order chi connectivity index (χ0) is 62.6. The normalized spacial score (nSPS) is 27.3. The highest BCUT2D eigenvalue weighted by Crippen LogP contribution is 2.25. The van der Waals surface area contributed by atoms with Crippen LogP contribution in [0.5, 0.6) is 5.75 Å². The molecule has 84 heavy (non-hydrogen) atoms. The summed E-state index contributed by atoms with van der Waals surface area (Å²) in [6.07, 6.45) is -10.2. The van der Waals surface area contributed by atoms with Crippen molar-refractivity contribution in [2.45, 2.75) is 195 Å². The smallest absolute Gasteiger partial charge is 0.246 e. The number of amides is 10. The molecule has 0 saturated carbocycles. The minimum Gasteiger partial charge on any atom is -0.508 e. The van der Waals surface area contributed by atoms with Crippen LogP contribution in [0, 0.1) is 0 Å². The molecule has 2 aliphatic rings. The van der Waals surface area contributed by atoms with Crippen molar-refractivity contribution in [3.63, 3.8) is 0 Å². The Hall–Kier alpha value is -6.72. The second-order valence-corrected chi connectivity index (χ2v) is 20.7. The molecule has 0 bridgehead atoms. The van der Waals surface area contributed by atoms with E-state index in [0.29, 0.717) is 12.8 Å². The molecule has 2 fully saturated rings. The number of nitrogens with one attached hydrogen (secondary N) is 8. The SMILES string of the molecule is CCCCCCCCCCC[C@H](O[C@H]1OC[C@@H](O)[C@H](O)[C@H]1O)[C@H](O)[C@H](O)CC1CC(=O)N[C@H](CO)C(=O)NC([C@H](O)c2ccc(O)cc2)C(=O)N[C@H](CCN)C(=O)NCC(=O)NC(CC(N)=O)C(=O)N[C@@H](CO)C(=O)NC(CC(N)=O)C(=O)N1.